The van der Waals surface area contributed by atoms with E-state index in [0.717, 1.165) is 25.1 Å². The van der Waals surface area contributed by atoms with Crippen LogP contribution in [0.3, 0.4) is 0 Å². The van der Waals surface area contributed by atoms with Crippen LogP contribution in [-0.4, -0.2) is 41.6 Å². The van der Waals surface area contributed by atoms with Crippen molar-refractivity contribution in [2.24, 2.45) is 0 Å². The van der Waals surface area contributed by atoms with Gasteiger partial charge in [0.05, 0.1) is 12.6 Å². The van der Waals surface area contributed by atoms with Gasteiger partial charge in [-0.25, -0.2) is 0 Å². The zero-order valence-electron chi connectivity index (χ0n) is 16.3. The summed E-state index contributed by atoms with van der Waals surface area (Å²) in [5, 5.41) is 9.25. The molecule has 2 aliphatic heterocycles. The Morgan fingerprint density at radius 3 is 2.22 bits per heavy atom. The number of rotatable bonds is 5. The van der Waals surface area contributed by atoms with Crippen molar-refractivity contribution in [1.82, 2.24) is 9.80 Å². The van der Waals surface area contributed by atoms with E-state index in [2.05, 4.69) is 59.3 Å². The summed E-state index contributed by atoms with van der Waals surface area (Å²) in [7, 11) is 2.21. The molecule has 0 aliphatic carbocycles. The fraction of sp³-hybridized carbons (Fsp3) is 0.417. The normalized spacial score (nSPS) is 21.4. The van der Waals surface area contributed by atoms with Crippen LogP contribution in [0.5, 0.6) is 0 Å². The molecule has 0 spiro atoms. The molecule has 2 aromatic carbocycles. The standard InChI is InChI=1S/C24H30N2O/c1-25-15-12-23(21-8-6-20(18-27)7-9-21)16-24(25)22-10-4-19(5-11-22)17-26-13-2-3-14-26/h4-11,16,24,27H,2-3,12-15,17-18H2,1H3. The number of aliphatic hydroxyl groups excluding tert-OH is 1. The highest BCUT2D eigenvalue weighted by atomic mass is 16.3. The van der Waals surface area contributed by atoms with Crippen molar-refractivity contribution in [2.75, 3.05) is 26.7 Å². The molecule has 1 saturated heterocycles. The lowest BCUT2D eigenvalue weighted by molar-refractivity contribution is 0.281. The summed E-state index contributed by atoms with van der Waals surface area (Å²) in [6, 6.07) is 17.9. The first-order valence-electron chi connectivity index (χ1n) is 10.2. The van der Waals surface area contributed by atoms with E-state index in [1.165, 1.54) is 48.2 Å². The van der Waals surface area contributed by atoms with Gasteiger partial charge in [0, 0.05) is 13.1 Å². The lowest BCUT2D eigenvalue weighted by atomic mass is 9.92. The summed E-state index contributed by atoms with van der Waals surface area (Å²) in [5.74, 6) is 0. The summed E-state index contributed by atoms with van der Waals surface area (Å²) < 4.78 is 0. The van der Waals surface area contributed by atoms with Crippen molar-refractivity contribution in [1.29, 1.82) is 0 Å². The van der Waals surface area contributed by atoms with Gasteiger partial charge in [0.25, 0.3) is 0 Å². The highest BCUT2D eigenvalue weighted by molar-refractivity contribution is 5.67. The Balaban J connectivity index is 1.51. The van der Waals surface area contributed by atoms with E-state index < -0.39 is 0 Å². The Morgan fingerprint density at radius 1 is 0.889 bits per heavy atom. The lowest BCUT2D eigenvalue weighted by Gasteiger charge is -2.32. The molecule has 142 valence electrons. The second-order valence-corrected chi connectivity index (χ2v) is 7.95. The van der Waals surface area contributed by atoms with Crippen LogP contribution < -0.4 is 0 Å². The smallest absolute Gasteiger partial charge is 0.0681 e. The number of likely N-dealkylation sites (N-methyl/N-ethyl adjacent to an activating group) is 1. The summed E-state index contributed by atoms with van der Waals surface area (Å²) >= 11 is 0. The van der Waals surface area contributed by atoms with Crippen molar-refractivity contribution in [2.45, 2.75) is 38.5 Å². The highest BCUT2D eigenvalue weighted by Gasteiger charge is 2.21. The van der Waals surface area contributed by atoms with Crippen LogP contribution in [0.25, 0.3) is 5.57 Å². The third-order valence-corrected chi connectivity index (χ3v) is 6.00. The van der Waals surface area contributed by atoms with Crippen LogP contribution in [0.15, 0.2) is 54.6 Å². The van der Waals surface area contributed by atoms with Gasteiger partial charge in [-0.3, -0.25) is 9.80 Å². The Bertz CT molecular complexity index is 773. The minimum absolute atomic E-state index is 0.106. The predicted octanol–water partition coefficient (Wildman–Crippen LogP) is 4.23. The van der Waals surface area contributed by atoms with Gasteiger partial charge in [-0.2, -0.15) is 0 Å². The highest BCUT2D eigenvalue weighted by Crippen LogP contribution is 2.33. The number of hydrogen-bond acceptors (Lipinski definition) is 3. The van der Waals surface area contributed by atoms with Gasteiger partial charge < -0.3 is 5.11 Å². The molecule has 1 fully saturated rings. The minimum atomic E-state index is 0.106. The third-order valence-electron chi connectivity index (χ3n) is 6.00. The third kappa shape index (κ3) is 4.32. The minimum Gasteiger partial charge on any atom is -0.392 e. The van der Waals surface area contributed by atoms with Crippen molar-refractivity contribution in [3.05, 3.63) is 76.9 Å². The zero-order chi connectivity index (χ0) is 18.6. The molecule has 2 aromatic rings. The van der Waals surface area contributed by atoms with Crippen LogP contribution in [-0.2, 0) is 13.2 Å². The first-order valence-corrected chi connectivity index (χ1v) is 10.2. The molecule has 0 amide bonds. The molecule has 0 radical (unpaired) electrons. The molecule has 3 nitrogen and oxygen atoms in total. The Morgan fingerprint density at radius 2 is 1.56 bits per heavy atom. The van der Waals surface area contributed by atoms with E-state index in [-0.39, 0.29) is 6.61 Å². The zero-order valence-corrected chi connectivity index (χ0v) is 16.3. The van der Waals surface area contributed by atoms with Gasteiger partial charge in [-0.15, -0.1) is 0 Å². The van der Waals surface area contributed by atoms with Crippen LogP contribution in [0.4, 0.5) is 0 Å². The van der Waals surface area contributed by atoms with Gasteiger partial charge in [0.15, 0.2) is 0 Å². The Kier molecular flexibility index (Phi) is 5.72. The molecule has 4 rings (SSSR count). The summed E-state index contributed by atoms with van der Waals surface area (Å²) in [6.07, 6.45) is 6.17. The average molecular weight is 363 g/mol. The van der Waals surface area contributed by atoms with Crippen molar-refractivity contribution in [3.63, 3.8) is 0 Å². The largest absolute Gasteiger partial charge is 0.392 e. The topological polar surface area (TPSA) is 26.7 Å². The summed E-state index contributed by atoms with van der Waals surface area (Å²) in [4.78, 5) is 4.98. The van der Waals surface area contributed by atoms with Crippen molar-refractivity contribution < 1.29 is 5.11 Å². The van der Waals surface area contributed by atoms with Crippen LogP contribution in [0, 0.1) is 0 Å². The number of benzene rings is 2. The number of likely N-dealkylation sites (tertiary alicyclic amines) is 1. The molecule has 0 bridgehead atoms. The maximum atomic E-state index is 9.25. The Labute approximate surface area is 162 Å². The van der Waals surface area contributed by atoms with Gasteiger partial charge in [-0.1, -0.05) is 54.6 Å². The van der Waals surface area contributed by atoms with Crippen LogP contribution >= 0.6 is 0 Å². The molecule has 0 aromatic heterocycles. The molecule has 2 aliphatic rings. The van der Waals surface area contributed by atoms with Crippen molar-refractivity contribution >= 4 is 5.57 Å². The first kappa shape index (κ1) is 18.4. The first-order chi connectivity index (χ1) is 13.2. The SMILES string of the molecule is CN1CCC(c2ccc(CO)cc2)=CC1c1ccc(CN2CCCC2)cc1. The fourth-order valence-corrected chi connectivity index (χ4v) is 4.27. The molecular formula is C24H30N2O. The van der Waals surface area contributed by atoms with Gasteiger partial charge in [-0.05, 0) is 67.2 Å². The molecule has 1 atom stereocenters. The van der Waals surface area contributed by atoms with Gasteiger partial charge in [0.2, 0.25) is 0 Å². The van der Waals surface area contributed by atoms with E-state index in [1.807, 2.05) is 12.1 Å². The fourth-order valence-electron chi connectivity index (χ4n) is 4.27. The number of hydrogen-bond donors (Lipinski definition) is 1. The summed E-state index contributed by atoms with van der Waals surface area (Å²) in [5.41, 5.74) is 6.44. The predicted molar refractivity (Wildman–Crippen MR) is 111 cm³/mol. The molecule has 2 heterocycles. The van der Waals surface area contributed by atoms with E-state index in [4.69, 9.17) is 0 Å². The number of nitrogens with zero attached hydrogens (tertiary/aromatic N) is 2. The average Bonchev–Trinajstić information content (AvgIpc) is 3.22. The summed E-state index contributed by atoms with van der Waals surface area (Å²) in [6.45, 7) is 4.74. The van der Waals surface area contributed by atoms with E-state index in [0.29, 0.717) is 6.04 Å². The molecule has 0 saturated carbocycles. The molecular weight excluding hydrogens is 332 g/mol. The van der Waals surface area contributed by atoms with Crippen LogP contribution in [0.2, 0.25) is 0 Å². The second kappa shape index (κ2) is 8.39. The number of aliphatic hydroxyl groups is 1. The maximum absolute atomic E-state index is 9.25. The molecule has 1 N–H and O–H groups in total. The lowest BCUT2D eigenvalue weighted by Crippen LogP contribution is -2.28. The molecule has 1 unspecified atom stereocenters. The van der Waals surface area contributed by atoms with Crippen molar-refractivity contribution in [3.8, 4) is 0 Å². The molecule has 3 heteroatoms. The monoisotopic (exact) mass is 362 g/mol. The molecule has 27 heavy (non-hydrogen) atoms. The van der Waals surface area contributed by atoms with E-state index in [9.17, 15) is 5.11 Å². The van der Waals surface area contributed by atoms with Crippen LogP contribution in [0.1, 0.15) is 47.6 Å². The van der Waals surface area contributed by atoms with Gasteiger partial charge >= 0.3 is 0 Å². The van der Waals surface area contributed by atoms with E-state index >= 15 is 0 Å². The Hall–Kier alpha value is -1.94. The second-order valence-electron chi connectivity index (χ2n) is 7.95. The quantitative estimate of drug-likeness (QED) is 0.862. The van der Waals surface area contributed by atoms with Gasteiger partial charge in [0.1, 0.15) is 0 Å². The maximum Gasteiger partial charge on any atom is 0.0681 e. The van der Waals surface area contributed by atoms with E-state index in [1.54, 1.807) is 0 Å².